The highest BCUT2D eigenvalue weighted by Gasteiger charge is 2.22. The summed E-state index contributed by atoms with van der Waals surface area (Å²) >= 11 is 9.38. The van der Waals surface area contributed by atoms with Gasteiger partial charge in [0.2, 0.25) is 5.91 Å². The first-order valence-electron chi connectivity index (χ1n) is 6.29. The fraction of sp³-hybridized carbons (Fsp3) is 0.500. The van der Waals surface area contributed by atoms with Gasteiger partial charge in [0.05, 0.1) is 5.69 Å². The van der Waals surface area contributed by atoms with Crippen LogP contribution in [-0.2, 0) is 4.79 Å². The van der Waals surface area contributed by atoms with E-state index in [1.807, 2.05) is 33.8 Å². The van der Waals surface area contributed by atoms with Crippen LogP contribution < -0.4 is 10.6 Å². The van der Waals surface area contributed by atoms with E-state index >= 15 is 0 Å². The molecule has 0 saturated carbocycles. The predicted octanol–water partition coefficient (Wildman–Crippen LogP) is 4.21. The zero-order chi connectivity index (χ0) is 14.6. The lowest BCUT2D eigenvalue weighted by Gasteiger charge is -2.27. The van der Waals surface area contributed by atoms with Crippen LogP contribution in [0.4, 0.5) is 5.69 Å². The van der Waals surface area contributed by atoms with E-state index in [-0.39, 0.29) is 17.5 Å². The maximum absolute atomic E-state index is 12.1. The quantitative estimate of drug-likeness (QED) is 0.838. The van der Waals surface area contributed by atoms with Crippen LogP contribution in [0.25, 0.3) is 0 Å². The largest absolute Gasteiger partial charge is 0.373 e. The van der Waals surface area contributed by atoms with Gasteiger partial charge in [-0.3, -0.25) is 4.79 Å². The third-order valence-corrected chi connectivity index (χ3v) is 3.97. The summed E-state index contributed by atoms with van der Waals surface area (Å²) in [5.74, 6) is -0.0290. The van der Waals surface area contributed by atoms with Crippen molar-refractivity contribution >= 4 is 39.1 Å². The number of rotatable bonds is 5. The van der Waals surface area contributed by atoms with E-state index in [0.717, 1.165) is 16.6 Å². The first-order chi connectivity index (χ1) is 8.75. The van der Waals surface area contributed by atoms with Crippen molar-refractivity contribution in [1.82, 2.24) is 5.32 Å². The molecular formula is C14H20BrClN2O. The van der Waals surface area contributed by atoms with Gasteiger partial charge in [-0.15, -0.1) is 0 Å². The van der Waals surface area contributed by atoms with E-state index in [0.29, 0.717) is 5.02 Å². The highest BCUT2D eigenvalue weighted by atomic mass is 79.9. The van der Waals surface area contributed by atoms with Crippen molar-refractivity contribution in [3.8, 4) is 0 Å². The minimum absolute atomic E-state index is 0.0290. The van der Waals surface area contributed by atoms with Crippen LogP contribution in [0.1, 0.15) is 34.1 Å². The van der Waals surface area contributed by atoms with Crippen molar-refractivity contribution in [2.24, 2.45) is 0 Å². The minimum Gasteiger partial charge on any atom is -0.373 e. The van der Waals surface area contributed by atoms with Crippen LogP contribution in [0.2, 0.25) is 5.02 Å². The van der Waals surface area contributed by atoms with E-state index in [9.17, 15) is 4.79 Å². The molecule has 5 heteroatoms. The van der Waals surface area contributed by atoms with Gasteiger partial charge in [-0.1, -0.05) is 18.5 Å². The molecule has 0 spiro atoms. The molecule has 0 aliphatic carbocycles. The maximum atomic E-state index is 12.1. The molecule has 3 nitrogen and oxygen atoms in total. The molecule has 0 bridgehead atoms. The smallest absolute Gasteiger partial charge is 0.242 e. The summed E-state index contributed by atoms with van der Waals surface area (Å²) in [4.78, 5) is 12.1. The molecule has 1 rings (SSSR count). The monoisotopic (exact) mass is 346 g/mol. The Labute approximate surface area is 128 Å². The number of benzene rings is 1. The van der Waals surface area contributed by atoms with Crippen LogP contribution >= 0.6 is 27.5 Å². The van der Waals surface area contributed by atoms with E-state index < -0.39 is 0 Å². The van der Waals surface area contributed by atoms with Crippen molar-refractivity contribution in [2.75, 3.05) is 5.32 Å². The Morgan fingerprint density at radius 1 is 1.47 bits per heavy atom. The van der Waals surface area contributed by atoms with Crippen molar-refractivity contribution < 1.29 is 4.79 Å². The van der Waals surface area contributed by atoms with Crippen LogP contribution in [0.15, 0.2) is 22.7 Å². The van der Waals surface area contributed by atoms with E-state index in [2.05, 4.69) is 26.6 Å². The SMILES string of the molecule is CCC(C)(C)NC(=O)C(C)Nc1cc(Cl)ccc1Br. The summed E-state index contributed by atoms with van der Waals surface area (Å²) in [5, 5.41) is 6.80. The molecule has 1 aromatic carbocycles. The lowest BCUT2D eigenvalue weighted by atomic mass is 10.0. The first kappa shape index (κ1) is 16.3. The summed E-state index contributed by atoms with van der Waals surface area (Å²) < 4.78 is 0.881. The van der Waals surface area contributed by atoms with Crippen molar-refractivity contribution in [3.05, 3.63) is 27.7 Å². The van der Waals surface area contributed by atoms with Crippen LogP contribution in [0, 0.1) is 0 Å². The van der Waals surface area contributed by atoms with Gasteiger partial charge in [0.15, 0.2) is 0 Å². The molecule has 1 amide bonds. The van der Waals surface area contributed by atoms with Crippen molar-refractivity contribution in [3.63, 3.8) is 0 Å². The van der Waals surface area contributed by atoms with Crippen molar-refractivity contribution in [1.29, 1.82) is 0 Å². The van der Waals surface area contributed by atoms with Gasteiger partial charge in [0.1, 0.15) is 6.04 Å². The minimum atomic E-state index is -0.333. The molecule has 0 aliphatic rings. The molecule has 0 heterocycles. The second-order valence-electron chi connectivity index (χ2n) is 5.22. The Morgan fingerprint density at radius 3 is 2.68 bits per heavy atom. The van der Waals surface area contributed by atoms with Crippen molar-refractivity contribution in [2.45, 2.75) is 45.7 Å². The van der Waals surface area contributed by atoms with E-state index in [1.165, 1.54) is 0 Å². The Morgan fingerprint density at radius 2 is 2.11 bits per heavy atom. The van der Waals surface area contributed by atoms with Gasteiger partial charge in [-0.2, -0.15) is 0 Å². The van der Waals surface area contributed by atoms with Gasteiger partial charge in [-0.25, -0.2) is 0 Å². The zero-order valence-electron chi connectivity index (χ0n) is 11.7. The normalized spacial score (nSPS) is 12.9. The Kier molecular flexibility index (Phi) is 5.68. The molecule has 0 fully saturated rings. The zero-order valence-corrected chi connectivity index (χ0v) is 14.0. The topological polar surface area (TPSA) is 41.1 Å². The third kappa shape index (κ3) is 5.03. The summed E-state index contributed by atoms with van der Waals surface area (Å²) in [6, 6.07) is 5.11. The molecule has 1 unspecified atom stereocenters. The van der Waals surface area contributed by atoms with Gasteiger partial charge >= 0.3 is 0 Å². The number of anilines is 1. The van der Waals surface area contributed by atoms with E-state index in [1.54, 1.807) is 12.1 Å². The Bertz CT molecular complexity index is 463. The molecule has 0 radical (unpaired) electrons. The number of carbonyl (C=O) groups excluding carboxylic acids is 1. The number of hydrogen-bond donors (Lipinski definition) is 2. The maximum Gasteiger partial charge on any atom is 0.242 e. The highest BCUT2D eigenvalue weighted by molar-refractivity contribution is 9.10. The Hall–Kier alpha value is -0.740. The number of halogens is 2. The van der Waals surface area contributed by atoms with Crippen LogP contribution in [0.3, 0.4) is 0 Å². The average Bonchev–Trinajstić information content (AvgIpc) is 2.33. The lowest BCUT2D eigenvalue weighted by molar-refractivity contribution is -0.123. The summed E-state index contributed by atoms with van der Waals surface area (Å²) in [5.41, 5.74) is 0.614. The third-order valence-electron chi connectivity index (χ3n) is 3.04. The average molecular weight is 348 g/mol. The summed E-state index contributed by atoms with van der Waals surface area (Å²) in [6.07, 6.45) is 0.881. The summed E-state index contributed by atoms with van der Waals surface area (Å²) in [6.45, 7) is 7.89. The number of amides is 1. The van der Waals surface area contributed by atoms with Gasteiger partial charge < -0.3 is 10.6 Å². The highest BCUT2D eigenvalue weighted by Crippen LogP contribution is 2.26. The number of nitrogens with one attached hydrogen (secondary N) is 2. The van der Waals surface area contributed by atoms with Gasteiger partial charge in [-0.05, 0) is 61.3 Å². The first-order valence-corrected chi connectivity index (χ1v) is 7.46. The second kappa shape index (κ2) is 6.62. The molecule has 0 aromatic heterocycles. The molecular weight excluding hydrogens is 328 g/mol. The van der Waals surface area contributed by atoms with Gasteiger partial charge in [0.25, 0.3) is 0 Å². The molecule has 106 valence electrons. The van der Waals surface area contributed by atoms with E-state index in [4.69, 9.17) is 11.6 Å². The fourth-order valence-corrected chi connectivity index (χ4v) is 1.97. The molecule has 2 N–H and O–H groups in total. The Balaban J connectivity index is 2.71. The lowest BCUT2D eigenvalue weighted by Crippen LogP contribution is -2.48. The molecule has 0 aliphatic heterocycles. The number of hydrogen-bond acceptors (Lipinski definition) is 2. The predicted molar refractivity (Wildman–Crippen MR) is 84.7 cm³/mol. The molecule has 1 aromatic rings. The summed E-state index contributed by atoms with van der Waals surface area (Å²) in [7, 11) is 0. The fourth-order valence-electron chi connectivity index (χ4n) is 1.44. The molecule has 1 atom stereocenters. The molecule has 19 heavy (non-hydrogen) atoms. The second-order valence-corrected chi connectivity index (χ2v) is 6.51. The van der Waals surface area contributed by atoms with Crippen LogP contribution in [0.5, 0.6) is 0 Å². The van der Waals surface area contributed by atoms with Crippen LogP contribution in [-0.4, -0.2) is 17.5 Å². The van der Waals surface area contributed by atoms with Gasteiger partial charge in [0, 0.05) is 15.0 Å². The number of carbonyl (C=O) groups is 1. The standard InChI is InChI=1S/C14H20BrClN2O/c1-5-14(3,4)18-13(19)9(2)17-12-8-10(16)6-7-11(12)15/h6-9,17H,5H2,1-4H3,(H,18,19). The molecule has 0 saturated heterocycles.